The molecule has 0 aliphatic rings. The van der Waals surface area contributed by atoms with Gasteiger partial charge in [0.2, 0.25) is 0 Å². The second kappa shape index (κ2) is 5.83. The molecule has 0 radical (unpaired) electrons. The number of aryl methyl sites for hydroxylation is 1. The van der Waals surface area contributed by atoms with Gasteiger partial charge in [-0.15, -0.1) is 11.3 Å². The minimum atomic E-state index is -0.379. The first-order valence-corrected chi connectivity index (χ1v) is 7.06. The summed E-state index contributed by atoms with van der Waals surface area (Å²) in [4.78, 5) is 2.57. The van der Waals surface area contributed by atoms with Crippen LogP contribution in [0.4, 0.5) is 4.39 Å². The van der Waals surface area contributed by atoms with Gasteiger partial charge in [-0.1, -0.05) is 24.6 Å². The lowest BCUT2D eigenvalue weighted by Crippen LogP contribution is -2.16. The zero-order chi connectivity index (χ0) is 13.1. The van der Waals surface area contributed by atoms with E-state index in [1.807, 2.05) is 7.05 Å². The zero-order valence-corrected chi connectivity index (χ0v) is 11.9. The van der Waals surface area contributed by atoms with Crippen LogP contribution in [0.2, 0.25) is 5.02 Å². The van der Waals surface area contributed by atoms with Gasteiger partial charge in [0.1, 0.15) is 5.82 Å². The average Bonchev–Trinajstić information content (AvgIpc) is 2.83. The fraction of sp³-hybridized carbons (Fsp3) is 0.286. The molecule has 2 rings (SSSR count). The van der Waals surface area contributed by atoms with Crippen molar-refractivity contribution in [3.05, 3.63) is 56.5 Å². The maximum atomic E-state index is 13.2. The van der Waals surface area contributed by atoms with Crippen LogP contribution >= 0.6 is 22.9 Å². The lowest BCUT2D eigenvalue weighted by molar-refractivity contribution is 0.624. The lowest BCUT2D eigenvalue weighted by Gasteiger charge is -2.15. The van der Waals surface area contributed by atoms with Gasteiger partial charge in [-0.25, -0.2) is 4.39 Å². The summed E-state index contributed by atoms with van der Waals surface area (Å²) < 4.78 is 13.2. The molecule has 1 unspecified atom stereocenters. The van der Waals surface area contributed by atoms with E-state index in [1.165, 1.54) is 15.8 Å². The molecule has 0 saturated carbocycles. The van der Waals surface area contributed by atoms with Crippen molar-refractivity contribution in [1.82, 2.24) is 5.32 Å². The molecular formula is C14H15ClFNS. The van der Waals surface area contributed by atoms with E-state index < -0.39 is 0 Å². The van der Waals surface area contributed by atoms with Gasteiger partial charge in [-0.2, -0.15) is 0 Å². The van der Waals surface area contributed by atoms with Crippen LogP contribution in [0.15, 0.2) is 30.3 Å². The second-order valence-electron chi connectivity index (χ2n) is 4.05. The summed E-state index contributed by atoms with van der Waals surface area (Å²) in [5.41, 5.74) is 0.980. The van der Waals surface area contributed by atoms with Gasteiger partial charge in [0.15, 0.2) is 0 Å². The highest BCUT2D eigenvalue weighted by Gasteiger charge is 2.15. The highest BCUT2D eigenvalue weighted by molar-refractivity contribution is 7.12. The quantitative estimate of drug-likeness (QED) is 0.876. The van der Waals surface area contributed by atoms with Crippen LogP contribution in [-0.4, -0.2) is 7.05 Å². The van der Waals surface area contributed by atoms with E-state index in [0.29, 0.717) is 0 Å². The summed E-state index contributed by atoms with van der Waals surface area (Å²) in [6, 6.07) is 9.18. The van der Waals surface area contributed by atoms with Gasteiger partial charge >= 0.3 is 0 Å². The van der Waals surface area contributed by atoms with Crippen molar-refractivity contribution < 1.29 is 4.39 Å². The first-order valence-electron chi connectivity index (χ1n) is 5.86. The van der Waals surface area contributed by atoms with Crippen molar-refractivity contribution in [2.24, 2.45) is 0 Å². The minimum Gasteiger partial charge on any atom is -0.309 e. The normalized spacial score (nSPS) is 12.7. The van der Waals surface area contributed by atoms with E-state index in [-0.39, 0.29) is 16.9 Å². The molecular weight excluding hydrogens is 269 g/mol. The number of nitrogens with one attached hydrogen (secondary N) is 1. The van der Waals surface area contributed by atoms with Crippen molar-refractivity contribution in [1.29, 1.82) is 0 Å². The minimum absolute atomic E-state index is 0.0633. The summed E-state index contributed by atoms with van der Waals surface area (Å²) in [5, 5.41) is 3.41. The Morgan fingerprint density at radius 1 is 1.33 bits per heavy atom. The SMILES string of the molecule is CCc1ccc(C(NC)c2ccc(F)c(Cl)c2)s1. The predicted molar refractivity (Wildman–Crippen MR) is 76.0 cm³/mol. The van der Waals surface area contributed by atoms with Gasteiger partial charge in [0.25, 0.3) is 0 Å². The fourth-order valence-corrected chi connectivity index (χ4v) is 3.18. The molecule has 0 spiro atoms. The molecule has 0 aliphatic heterocycles. The molecule has 0 bridgehead atoms. The van der Waals surface area contributed by atoms with Gasteiger partial charge < -0.3 is 5.32 Å². The first kappa shape index (κ1) is 13.5. The third-order valence-corrected chi connectivity index (χ3v) is 4.47. The van der Waals surface area contributed by atoms with Crippen LogP contribution < -0.4 is 5.32 Å². The van der Waals surface area contributed by atoms with E-state index in [4.69, 9.17) is 11.6 Å². The molecule has 0 fully saturated rings. The molecule has 0 saturated heterocycles. The van der Waals surface area contributed by atoms with E-state index in [0.717, 1.165) is 12.0 Å². The molecule has 2 aromatic rings. The number of rotatable bonds is 4. The van der Waals surface area contributed by atoms with E-state index >= 15 is 0 Å². The van der Waals surface area contributed by atoms with Crippen LogP contribution in [0.25, 0.3) is 0 Å². The van der Waals surface area contributed by atoms with Gasteiger partial charge in [0.05, 0.1) is 11.1 Å². The Morgan fingerprint density at radius 3 is 2.67 bits per heavy atom. The molecule has 1 N–H and O–H groups in total. The van der Waals surface area contributed by atoms with Crippen molar-refractivity contribution in [3.8, 4) is 0 Å². The molecule has 1 heterocycles. The van der Waals surface area contributed by atoms with Crippen molar-refractivity contribution in [3.63, 3.8) is 0 Å². The molecule has 4 heteroatoms. The Morgan fingerprint density at radius 2 is 2.11 bits per heavy atom. The Balaban J connectivity index is 2.35. The van der Waals surface area contributed by atoms with Crippen LogP contribution in [0.1, 0.15) is 28.3 Å². The van der Waals surface area contributed by atoms with Crippen LogP contribution in [-0.2, 0) is 6.42 Å². The van der Waals surface area contributed by atoms with Crippen LogP contribution in [0.5, 0.6) is 0 Å². The van der Waals surface area contributed by atoms with Crippen LogP contribution in [0, 0.1) is 5.82 Å². The molecule has 96 valence electrons. The molecule has 0 amide bonds. The van der Waals surface area contributed by atoms with Gasteiger partial charge in [0, 0.05) is 9.75 Å². The number of benzene rings is 1. The smallest absolute Gasteiger partial charge is 0.141 e. The van der Waals surface area contributed by atoms with Gasteiger partial charge in [-0.05, 0) is 43.3 Å². The molecule has 1 atom stereocenters. The van der Waals surface area contributed by atoms with Crippen molar-refractivity contribution in [2.75, 3.05) is 7.05 Å². The molecule has 1 aromatic carbocycles. The van der Waals surface area contributed by atoms with E-state index in [1.54, 1.807) is 23.5 Å². The number of thiophene rings is 1. The van der Waals surface area contributed by atoms with E-state index in [2.05, 4.69) is 24.4 Å². The second-order valence-corrected chi connectivity index (χ2v) is 5.66. The van der Waals surface area contributed by atoms with Crippen LogP contribution in [0.3, 0.4) is 0 Å². The molecule has 1 nitrogen and oxygen atoms in total. The first-order chi connectivity index (χ1) is 8.65. The van der Waals surface area contributed by atoms with Crippen molar-refractivity contribution in [2.45, 2.75) is 19.4 Å². The summed E-state index contributed by atoms with van der Waals surface area (Å²) in [7, 11) is 1.90. The Labute approximate surface area is 116 Å². The monoisotopic (exact) mass is 283 g/mol. The van der Waals surface area contributed by atoms with Gasteiger partial charge in [-0.3, -0.25) is 0 Å². The summed E-state index contributed by atoms with van der Waals surface area (Å²) >= 11 is 7.61. The van der Waals surface area contributed by atoms with Crippen molar-refractivity contribution >= 4 is 22.9 Å². The number of halogens is 2. The molecule has 18 heavy (non-hydrogen) atoms. The summed E-state index contributed by atoms with van der Waals surface area (Å²) in [5.74, 6) is -0.379. The third-order valence-electron chi connectivity index (χ3n) is 2.88. The maximum absolute atomic E-state index is 13.2. The molecule has 0 aliphatic carbocycles. The topological polar surface area (TPSA) is 12.0 Å². The predicted octanol–water partition coefficient (Wildman–Crippen LogP) is 4.41. The Bertz CT molecular complexity index is 538. The molecule has 1 aromatic heterocycles. The summed E-state index contributed by atoms with van der Waals surface area (Å²) in [6.07, 6.45) is 1.03. The highest BCUT2D eigenvalue weighted by atomic mass is 35.5. The fourth-order valence-electron chi connectivity index (χ4n) is 1.90. The average molecular weight is 284 g/mol. The Hall–Kier alpha value is -0.900. The van der Waals surface area contributed by atoms with E-state index in [9.17, 15) is 4.39 Å². The lowest BCUT2D eigenvalue weighted by atomic mass is 10.1. The summed E-state index contributed by atoms with van der Waals surface area (Å²) in [6.45, 7) is 2.14. The third kappa shape index (κ3) is 2.74. The Kier molecular flexibility index (Phi) is 4.38. The number of hydrogen-bond donors (Lipinski definition) is 1. The number of hydrogen-bond acceptors (Lipinski definition) is 2. The zero-order valence-electron chi connectivity index (χ0n) is 10.3. The standard InChI is InChI=1S/C14H15ClFNS/c1-3-10-5-7-13(18-10)14(17-2)9-4-6-12(16)11(15)8-9/h4-8,14,17H,3H2,1-2H3. The highest BCUT2D eigenvalue weighted by Crippen LogP contribution is 2.30. The maximum Gasteiger partial charge on any atom is 0.141 e. The largest absolute Gasteiger partial charge is 0.309 e.